The van der Waals surface area contributed by atoms with E-state index in [1.165, 1.54) is 116 Å². The third kappa shape index (κ3) is 7.71. The fourth-order valence-electron chi connectivity index (χ4n) is 8.27. The van der Waals surface area contributed by atoms with Gasteiger partial charge in [0.25, 0.3) is 0 Å². The van der Waals surface area contributed by atoms with Gasteiger partial charge in [-0.2, -0.15) is 0 Å². The maximum atomic E-state index is 13.8. The monoisotopic (exact) mass is 554 g/mol. The van der Waals surface area contributed by atoms with Gasteiger partial charge < -0.3 is 0 Å². The molecule has 0 bridgehead atoms. The Balaban J connectivity index is 1.32. The van der Waals surface area contributed by atoms with Gasteiger partial charge in [-0.05, 0) is 63.2 Å². The van der Waals surface area contributed by atoms with Crippen LogP contribution in [0.3, 0.4) is 0 Å². The van der Waals surface area contributed by atoms with Crippen LogP contribution in [-0.4, -0.2) is 10.1 Å². The maximum absolute atomic E-state index is 13.8. The Labute approximate surface area is 241 Å². The topological polar surface area (TPSA) is 17.1 Å². The van der Waals surface area contributed by atoms with Crippen molar-refractivity contribution in [3.8, 4) is 0 Å². The summed E-state index contributed by atoms with van der Waals surface area (Å²) in [6, 6.07) is 0. The van der Waals surface area contributed by atoms with Gasteiger partial charge >= 0.3 is 0 Å². The minimum atomic E-state index is -0.829. The summed E-state index contributed by atoms with van der Waals surface area (Å²) in [4.78, 5) is 13.8. The second-order valence-electron chi connectivity index (χ2n) is 13.5. The van der Waals surface area contributed by atoms with Crippen molar-refractivity contribution in [3.63, 3.8) is 0 Å². The summed E-state index contributed by atoms with van der Waals surface area (Å²) in [5.74, 6) is 2.02. The number of unbranched alkanes of at least 4 members (excludes halogenated alkanes) is 14. The fraction of sp³-hybridized carbons (Fsp3) is 0.971. The molecule has 0 radical (unpaired) electrons. The van der Waals surface area contributed by atoms with Crippen LogP contribution in [0.2, 0.25) is 0 Å². The molecular weight excluding hydrogens is 495 g/mol. The molecule has 0 amide bonds. The minimum Gasteiger partial charge on any atom is -0.298 e. The fourth-order valence-corrected chi connectivity index (χ4v) is 9.37. The molecule has 3 aliphatic carbocycles. The Morgan fingerprint density at radius 1 is 0.541 bits per heavy atom. The molecular formula is C34H60Cl2O. The lowest BCUT2D eigenvalue weighted by Crippen LogP contribution is -2.74. The van der Waals surface area contributed by atoms with E-state index in [-0.39, 0.29) is 0 Å². The van der Waals surface area contributed by atoms with Gasteiger partial charge in [-0.1, -0.05) is 153 Å². The normalized spacial score (nSPS) is 31.2. The zero-order chi connectivity index (χ0) is 26.6. The SMILES string of the molecule is CCCCCCCCCCC1CCC2(CC1)C(=O)C1(CCC(CCCCCCCCCC)CC1)C2(Cl)Cl. The highest BCUT2D eigenvalue weighted by Gasteiger charge is 2.78. The first-order valence-electron chi connectivity index (χ1n) is 16.9. The third-order valence-corrected chi connectivity index (χ3v) is 12.4. The molecule has 1 nitrogen and oxygen atoms in total. The molecule has 0 unspecified atom stereocenters. The summed E-state index contributed by atoms with van der Waals surface area (Å²) in [7, 11) is 0. The van der Waals surface area contributed by atoms with Crippen molar-refractivity contribution in [1.82, 2.24) is 0 Å². The van der Waals surface area contributed by atoms with Gasteiger partial charge in [0.05, 0.1) is 10.8 Å². The zero-order valence-electron chi connectivity index (χ0n) is 24.7. The Bertz CT molecular complexity index is 588. The highest BCUT2D eigenvalue weighted by Crippen LogP contribution is 2.74. The predicted octanol–water partition coefficient (Wildman–Crippen LogP) is 12.2. The molecule has 0 aromatic carbocycles. The van der Waals surface area contributed by atoms with Crippen LogP contribution in [0, 0.1) is 22.7 Å². The Hall–Kier alpha value is 0.250. The number of hydrogen-bond donors (Lipinski definition) is 0. The van der Waals surface area contributed by atoms with E-state index in [1.54, 1.807) is 0 Å². The van der Waals surface area contributed by atoms with Gasteiger partial charge in [-0.3, -0.25) is 4.79 Å². The van der Waals surface area contributed by atoms with Crippen LogP contribution in [0.25, 0.3) is 0 Å². The molecule has 0 heterocycles. The minimum absolute atomic E-state index is 0.434. The molecule has 3 fully saturated rings. The zero-order valence-corrected chi connectivity index (χ0v) is 26.2. The molecule has 3 heteroatoms. The summed E-state index contributed by atoms with van der Waals surface area (Å²) in [5.41, 5.74) is -0.868. The van der Waals surface area contributed by atoms with Gasteiger partial charge in [0.2, 0.25) is 0 Å². The summed E-state index contributed by atoms with van der Waals surface area (Å²) in [6.45, 7) is 4.57. The number of alkyl halides is 2. The number of hydrogen-bond acceptors (Lipinski definition) is 1. The lowest BCUT2D eigenvalue weighted by atomic mass is 9.42. The predicted molar refractivity (Wildman–Crippen MR) is 163 cm³/mol. The van der Waals surface area contributed by atoms with E-state index < -0.39 is 15.2 Å². The second-order valence-corrected chi connectivity index (χ2v) is 14.8. The summed E-state index contributed by atoms with van der Waals surface area (Å²) in [5, 5.41) is 0. The van der Waals surface area contributed by atoms with Crippen LogP contribution in [0.1, 0.15) is 181 Å². The molecule has 0 aromatic heterocycles. The Morgan fingerprint density at radius 3 is 1.14 bits per heavy atom. The molecule has 3 saturated carbocycles. The van der Waals surface area contributed by atoms with E-state index >= 15 is 0 Å². The largest absolute Gasteiger partial charge is 0.298 e. The van der Waals surface area contributed by atoms with Gasteiger partial charge in [0.1, 0.15) is 4.33 Å². The van der Waals surface area contributed by atoms with Crippen LogP contribution in [0.15, 0.2) is 0 Å². The van der Waals surface area contributed by atoms with Crippen molar-refractivity contribution >= 4 is 29.0 Å². The highest BCUT2D eigenvalue weighted by molar-refractivity contribution is 6.55. The maximum Gasteiger partial charge on any atom is 0.151 e. The van der Waals surface area contributed by atoms with Crippen LogP contribution in [0.4, 0.5) is 0 Å². The molecule has 0 aliphatic heterocycles. The van der Waals surface area contributed by atoms with E-state index in [4.69, 9.17) is 23.2 Å². The quantitative estimate of drug-likeness (QED) is 0.121. The van der Waals surface area contributed by atoms with Crippen molar-refractivity contribution in [2.45, 2.75) is 185 Å². The molecule has 0 saturated heterocycles. The van der Waals surface area contributed by atoms with Crippen molar-refractivity contribution in [1.29, 1.82) is 0 Å². The number of carbonyl (C=O) groups is 1. The van der Waals surface area contributed by atoms with Crippen molar-refractivity contribution in [2.75, 3.05) is 0 Å². The molecule has 3 rings (SSSR count). The average Bonchev–Trinajstić information content (AvgIpc) is 2.92. The average molecular weight is 556 g/mol. The molecule has 0 N–H and O–H groups in total. The van der Waals surface area contributed by atoms with Crippen LogP contribution >= 0.6 is 23.2 Å². The first-order chi connectivity index (χ1) is 17.9. The number of halogens is 2. The molecule has 3 aliphatic rings. The standard InChI is InChI=1S/C34H60Cl2O/c1-3-5-7-9-11-13-15-17-19-29-21-25-32(26-22-29)31(37)33(34(32,35)36)27-23-30(24-28-33)20-18-16-14-12-10-8-6-4-2/h29-30H,3-28H2,1-2H3. The second kappa shape index (κ2) is 15.9. The first-order valence-corrected chi connectivity index (χ1v) is 17.6. The van der Waals surface area contributed by atoms with Crippen LogP contribution in [-0.2, 0) is 4.79 Å². The first kappa shape index (κ1) is 31.8. The van der Waals surface area contributed by atoms with Crippen molar-refractivity contribution in [2.24, 2.45) is 22.7 Å². The number of carbonyl (C=O) groups excluding carboxylic acids is 1. The highest BCUT2D eigenvalue weighted by atomic mass is 35.5. The number of rotatable bonds is 18. The van der Waals surface area contributed by atoms with Gasteiger partial charge in [-0.25, -0.2) is 0 Å². The van der Waals surface area contributed by atoms with Crippen LogP contribution < -0.4 is 0 Å². The number of ketones is 1. The Kier molecular flexibility index (Phi) is 13.6. The summed E-state index contributed by atoms with van der Waals surface area (Å²) >= 11 is 14.4. The van der Waals surface area contributed by atoms with Crippen molar-refractivity contribution < 1.29 is 4.79 Å². The van der Waals surface area contributed by atoms with E-state index in [0.717, 1.165) is 63.2 Å². The molecule has 2 spiro atoms. The lowest BCUT2D eigenvalue weighted by Gasteiger charge is -2.67. The summed E-state index contributed by atoms with van der Waals surface area (Å²) < 4.78 is -0.829. The molecule has 0 aromatic rings. The van der Waals surface area contributed by atoms with Crippen molar-refractivity contribution in [3.05, 3.63) is 0 Å². The molecule has 0 atom stereocenters. The number of Topliss-reactive ketones (excluding diaryl/α,β-unsaturated/α-hetero) is 1. The lowest BCUT2D eigenvalue weighted by molar-refractivity contribution is -0.172. The Morgan fingerprint density at radius 2 is 0.838 bits per heavy atom. The summed E-state index contributed by atoms with van der Waals surface area (Å²) in [6.07, 6.45) is 33.2. The smallest absolute Gasteiger partial charge is 0.151 e. The van der Waals surface area contributed by atoms with Gasteiger partial charge in [0.15, 0.2) is 5.78 Å². The molecule has 37 heavy (non-hydrogen) atoms. The van der Waals surface area contributed by atoms with E-state index in [2.05, 4.69) is 13.8 Å². The van der Waals surface area contributed by atoms with E-state index in [0.29, 0.717) is 5.78 Å². The van der Waals surface area contributed by atoms with E-state index in [9.17, 15) is 4.79 Å². The van der Waals surface area contributed by atoms with Gasteiger partial charge in [-0.15, -0.1) is 0 Å². The van der Waals surface area contributed by atoms with Gasteiger partial charge in [0, 0.05) is 0 Å². The van der Waals surface area contributed by atoms with Crippen LogP contribution in [0.5, 0.6) is 0 Å². The van der Waals surface area contributed by atoms with E-state index in [1.807, 2.05) is 0 Å². The molecule has 216 valence electrons. The third-order valence-electron chi connectivity index (χ3n) is 10.9.